The highest BCUT2D eigenvalue weighted by Gasteiger charge is 2.28. The number of fused-ring (bicyclic) bond motifs is 2. The maximum absolute atomic E-state index is 12.9. The molecular weight excluding hydrogens is 426 g/mol. The van der Waals surface area contributed by atoms with E-state index in [9.17, 15) is 13.2 Å². The van der Waals surface area contributed by atoms with Crippen LogP contribution in [0.3, 0.4) is 0 Å². The minimum Gasteiger partial charge on any atom is -0.379 e. The first-order valence-corrected chi connectivity index (χ1v) is 12.8. The molecule has 32 heavy (non-hydrogen) atoms. The minimum atomic E-state index is -3.98. The van der Waals surface area contributed by atoms with Crippen LogP contribution in [-0.4, -0.2) is 45.7 Å². The maximum Gasteiger partial charge on any atom is 0.333 e. The first-order chi connectivity index (χ1) is 15.4. The van der Waals surface area contributed by atoms with E-state index in [2.05, 4.69) is 21.0 Å². The van der Waals surface area contributed by atoms with Gasteiger partial charge in [0.2, 0.25) is 0 Å². The number of amides is 2. The second-order valence-electron chi connectivity index (χ2n) is 8.99. The van der Waals surface area contributed by atoms with Crippen molar-refractivity contribution in [3.05, 3.63) is 58.1 Å². The molecule has 0 spiro atoms. The summed E-state index contributed by atoms with van der Waals surface area (Å²) in [5.41, 5.74) is 6.64. The number of methoxy groups -OCH3 is 1. The summed E-state index contributed by atoms with van der Waals surface area (Å²) in [7, 11) is -2.28. The number of benzene rings is 2. The minimum absolute atomic E-state index is 0.0949. The number of aryl methyl sites for hydroxylation is 2. The summed E-state index contributed by atoms with van der Waals surface area (Å²) < 4.78 is 33.3. The van der Waals surface area contributed by atoms with Gasteiger partial charge in [-0.1, -0.05) is 18.2 Å². The number of anilines is 1. The fourth-order valence-corrected chi connectivity index (χ4v) is 6.13. The van der Waals surface area contributed by atoms with Gasteiger partial charge in [0.1, 0.15) is 0 Å². The van der Waals surface area contributed by atoms with Crippen molar-refractivity contribution in [3.63, 3.8) is 0 Å². The van der Waals surface area contributed by atoms with Gasteiger partial charge in [-0.25, -0.2) is 17.9 Å². The van der Waals surface area contributed by atoms with Crippen LogP contribution in [0, 0.1) is 0 Å². The van der Waals surface area contributed by atoms with Gasteiger partial charge in [0.05, 0.1) is 11.0 Å². The van der Waals surface area contributed by atoms with E-state index in [-0.39, 0.29) is 11.0 Å². The summed E-state index contributed by atoms with van der Waals surface area (Å²) in [6.45, 7) is 2.32. The molecule has 1 saturated heterocycles. The number of rotatable bonds is 6. The van der Waals surface area contributed by atoms with Crippen LogP contribution in [0.4, 0.5) is 10.5 Å². The van der Waals surface area contributed by atoms with Crippen molar-refractivity contribution in [2.75, 3.05) is 25.5 Å². The predicted octanol–water partition coefficient (Wildman–Crippen LogP) is 3.01. The molecule has 2 amide bonds. The van der Waals surface area contributed by atoms with E-state index in [4.69, 9.17) is 4.74 Å². The molecule has 0 saturated carbocycles. The van der Waals surface area contributed by atoms with Crippen LogP contribution in [0.25, 0.3) is 0 Å². The summed E-state index contributed by atoms with van der Waals surface area (Å²) in [5.74, 6) is 0. The van der Waals surface area contributed by atoms with Crippen LogP contribution in [0.2, 0.25) is 0 Å². The lowest BCUT2D eigenvalue weighted by Gasteiger charge is -2.38. The van der Waals surface area contributed by atoms with E-state index in [0.717, 1.165) is 62.9 Å². The van der Waals surface area contributed by atoms with E-state index in [1.54, 1.807) is 19.2 Å². The summed E-state index contributed by atoms with van der Waals surface area (Å²) in [6, 6.07) is 8.35. The van der Waals surface area contributed by atoms with Crippen molar-refractivity contribution in [1.82, 2.24) is 9.62 Å². The highest BCUT2D eigenvalue weighted by atomic mass is 32.2. The van der Waals surface area contributed by atoms with E-state index in [1.165, 1.54) is 28.3 Å². The van der Waals surface area contributed by atoms with E-state index < -0.39 is 16.1 Å². The van der Waals surface area contributed by atoms with Crippen molar-refractivity contribution in [1.29, 1.82) is 0 Å². The van der Waals surface area contributed by atoms with Crippen molar-refractivity contribution >= 4 is 21.7 Å². The summed E-state index contributed by atoms with van der Waals surface area (Å²) in [5, 5.41) is 2.89. The van der Waals surface area contributed by atoms with Gasteiger partial charge in [-0.3, -0.25) is 4.90 Å². The highest BCUT2D eigenvalue weighted by Crippen LogP contribution is 2.38. The van der Waals surface area contributed by atoms with Crippen LogP contribution >= 0.6 is 0 Å². The normalized spacial score (nSPS) is 18.2. The SMILES string of the molecule is COC1CN(Cc2cccc(S(=O)(=O)NC(=O)Nc3c4c(cc5c3CCC5)CCC4)c2)C1. The third-order valence-corrected chi connectivity index (χ3v) is 8.14. The third-order valence-electron chi connectivity index (χ3n) is 6.81. The van der Waals surface area contributed by atoms with Gasteiger partial charge in [0.15, 0.2) is 0 Å². The molecule has 170 valence electrons. The van der Waals surface area contributed by atoms with Crippen molar-refractivity contribution in [2.24, 2.45) is 0 Å². The number of urea groups is 1. The smallest absolute Gasteiger partial charge is 0.333 e. The number of carbonyl (C=O) groups is 1. The van der Waals surface area contributed by atoms with E-state index in [0.29, 0.717) is 6.54 Å². The molecule has 0 unspecified atom stereocenters. The molecule has 0 bridgehead atoms. The largest absolute Gasteiger partial charge is 0.379 e. The Morgan fingerprint density at radius 1 is 1.06 bits per heavy atom. The number of hydrogen-bond donors (Lipinski definition) is 2. The van der Waals surface area contributed by atoms with Crippen molar-refractivity contribution in [2.45, 2.75) is 56.1 Å². The number of nitrogens with one attached hydrogen (secondary N) is 2. The molecule has 7 nitrogen and oxygen atoms in total. The number of nitrogens with zero attached hydrogens (tertiary/aromatic N) is 1. The molecule has 1 aliphatic heterocycles. The van der Waals surface area contributed by atoms with Gasteiger partial charge in [0.25, 0.3) is 10.0 Å². The van der Waals surface area contributed by atoms with Crippen LogP contribution in [-0.2, 0) is 47.0 Å². The zero-order chi connectivity index (χ0) is 22.3. The van der Waals surface area contributed by atoms with Gasteiger partial charge in [-0.05, 0) is 78.5 Å². The molecule has 3 aliphatic rings. The Hall–Kier alpha value is -2.42. The Kier molecular flexibility index (Phi) is 5.69. The first kappa shape index (κ1) is 21.4. The zero-order valence-corrected chi connectivity index (χ0v) is 19.1. The monoisotopic (exact) mass is 455 g/mol. The average molecular weight is 456 g/mol. The Morgan fingerprint density at radius 2 is 1.75 bits per heavy atom. The molecule has 2 aliphatic carbocycles. The van der Waals surface area contributed by atoms with Gasteiger partial charge in [0, 0.05) is 32.4 Å². The number of ether oxygens (including phenoxy) is 1. The zero-order valence-electron chi connectivity index (χ0n) is 18.3. The molecule has 8 heteroatoms. The fourth-order valence-electron chi connectivity index (χ4n) is 5.16. The van der Waals surface area contributed by atoms with Gasteiger partial charge >= 0.3 is 6.03 Å². The topological polar surface area (TPSA) is 87.7 Å². The lowest BCUT2D eigenvalue weighted by molar-refractivity contribution is -0.0334. The number of hydrogen-bond acceptors (Lipinski definition) is 5. The fraction of sp³-hybridized carbons (Fsp3) is 0.458. The van der Waals surface area contributed by atoms with Crippen LogP contribution in [0.15, 0.2) is 35.2 Å². The third kappa shape index (κ3) is 4.14. The van der Waals surface area contributed by atoms with Crippen molar-refractivity contribution in [3.8, 4) is 0 Å². The predicted molar refractivity (Wildman–Crippen MR) is 122 cm³/mol. The van der Waals surface area contributed by atoms with Crippen LogP contribution < -0.4 is 10.0 Å². The molecule has 1 fully saturated rings. The molecule has 0 radical (unpaired) electrons. The molecule has 2 aromatic rings. The molecule has 2 N–H and O–H groups in total. The molecular formula is C24H29N3O4S. The Labute approximate surface area is 189 Å². The second-order valence-corrected chi connectivity index (χ2v) is 10.7. The summed E-state index contributed by atoms with van der Waals surface area (Å²) >= 11 is 0. The Bertz CT molecular complexity index is 1120. The van der Waals surface area contributed by atoms with Gasteiger partial charge < -0.3 is 10.1 Å². The molecule has 5 rings (SSSR count). The Balaban J connectivity index is 1.30. The van der Waals surface area contributed by atoms with E-state index in [1.807, 2.05) is 6.07 Å². The maximum atomic E-state index is 12.9. The van der Waals surface area contributed by atoms with Crippen molar-refractivity contribution < 1.29 is 17.9 Å². The summed E-state index contributed by atoms with van der Waals surface area (Å²) in [4.78, 5) is 15.1. The lowest BCUT2D eigenvalue weighted by atomic mass is 9.99. The highest BCUT2D eigenvalue weighted by molar-refractivity contribution is 7.90. The Morgan fingerprint density at radius 3 is 2.41 bits per heavy atom. The molecule has 2 aromatic carbocycles. The molecule has 1 heterocycles. The van der Waals surface area contributed by atoms with Gasteiger partial charge in [-0.2, -0.15) is 0 Å². The molecule has 0 atom stereocenters. The molecule has 0 aromatic heterocycles. The summed E-state index contributed by atoms with van der Waals surface area (Å²) in [6.07, 6.45) is 6.27. The number of sulfonamides is 1. The quantitative estimate of drug-likeness (QED) is 0.699. The van der Waals surface area contributed by atoms with Crippen LogP contribution in [0.1, 0.15) is 40.7 Å². The van der Waals surface area contributed by atoms with Crippen LogP contribution in [0.5, 0.6) is 0 Å². The number of carbonyl (C=O) groups excluding carboxylic acids is 1. The van der Waals surface area contributed by atoms with E-state index >= 15 is 0 Å². The first-order valence-electron chi connectivity index (χ1n) is 11.3. The standard InChI is InChI=1S/C24H29N3O4S/c1-31-19-14-27(15-19)13-16-5-2-8-20(11-16)32(29,30)26-24(28)25-23-21-9-3-6-17(21)12-18-7-4-10-22(18)23/h2,5,8,11-12,19H,3-4,6-7,9-10,13-15H2,1H3,(H2,25,26,28). The average Bonchev–Trinajstić information content (AvgIpc) is 3.39. The van der Waals surface area contributed by atoms with Gasteiger partial charge in [-0.15, -0.1) is 0 Å². The second kappa shape index (κ2) is 8.50. The number of likely N-dealkylation sites (tertiary alicyclic amines) is 1. The lowest BCUT2D eigenvalue weighted by Crippen LogP contribution is -2.50.